The Bertz CT molecular complexity index is 864. The smallest absolute Gasteiger partial charge is 0.251 e. The van der Waals surface area contributed by atoms with Gasteiger partial charge in [-0.05, 0) is 49.6 Å². The molecule has 0 saturated carbocycles. The van der Waals surface area contributed by atoms with E-state index in [-0.39, 0.29) is 12.0 Å². The fraction of sp³-hybridized carbons (Fsp3) is 0.417. The van der Waals surface area contributed by atoms with Crippen LogP contribution >= 0.6 is 0 Å². The van der Waals surface area contributed by atoms with Crippen molar-refractivity contribution in [1.29, 1.82) is 0 Å². The van der Waals surface area contributed by atoms with E-state index in [9.17, 15) is 4.79 Å². The molecule has 0 bridgehead atoms. The van der Waals surface area contributed by atoms with Crippen LogP contribution in [0, 0.1) is 6.92 Å². The molecule has 1 aliphatic heterocycles. The minimum atomic E-state index is -0.0450. The molecule has 30 heavy (non-hydrogen) atoms. The highest BCUT2D eigenvalue weighted by Gasteiger charge is 2.25. The molecular formula is C24H32N4O2. The fourth-order valence-electron chi connectivity index (χ4n) is 3.59. The molecule has 1 unspecified atom stereocenters. The van der Waals surface area contributed by atoms with Crippen LogP contribution in [-0.4, -0.2) is 49.6 Å². The first-order valence-electron chi connectivity index (χ1n) is 10.7. The predicted octanol–water partition coefficient (Wildman–Crippen LogP) is 3.28. The van der Waals surface area contributed by atoms with Crippen LogP contribution in [0.25, 0.3) is 0 Å². The van der Waals surface area contributed by atoms with E-state index in [1.54, 1.807) is 0 Å². The molecule has 1 aliphatic rings. The molecule has 2 aromatic rings. The molecule has 1 atom stereocenters. The number of morpholine rings is 1. The van der Waals surface area contributed by atoms with Crippen LogP contribution in [0.2, 0.25) is 0 Å². The van der Waals surface area contributed by atoms with Crippen LogP contribution in [0.5, 0.6) is 0 Å². The van der Waals surface area contributed by atoms with E-state index in [2.05, 4.69) is 53.6 Å². The fourth-order valence-corrected chi connectivity index (χ4v) is 3.59. The number of aryl methyl sites for hydroxylation is 1. The Morgan fingerprint density at radius 1 is 1.10 bits per heavy atom. The Labute approximate surface area is 179 Å². The number of rotatable bonds is 6. The van der Waals surface area contributed by atoms with E-state index in [1.165, 1.54) is 11.1 Å². The van der Waals surface area contributed by atoms with Gasteiger partial charge in [-0.2, -0.15) is 0 Å². The molecule has 6 nitrogen and oxygen atoms in total. The summed E-state index contributed by atoms with van der Waals surface area (Å²) in [6.07, 6.45) is 0.0418. The summed E-state index contributed by atoms with van der Waals surface area (Å²) in [5.74, 6) is 0.851. The van der Waals surface area contributed by atoms with Crippen LogP contribution in [0.3, 0.4) is 0 Å². The number of carbonyl (C=O) groups excluding carboxylic acids is 1. The van der Waals surface area contributed by atoms with Crippen molar-refractivity contribution < 1.29 is 9.53 Å². The summed E-state index contributed by atoms with van der Waals surface area (Å²) in [7, 11) is 0. The molecule has 1 heterocycles. The monoisotopic (exact) mass is 408 g/mol. The number of guanidine groups is 1. The Morgan fingerprint density at radius 2 is 1.83 bits per heavy atom. The van der Waals surface area contributed by atoms with Crippen molar-refractivity contribution in [2.45, 2.75) is 33.4 Å². The number of nitrogens with one attached hydrogen (secondary N) is 2. The summed E-state index contributed by atoms with van der Waals surface area (Å²) in [5, 5.41) is 6.23. The summed E-state index contributed by atoms with van der Waals surface area (Å²) in [6.45, 7) is 10.4. The van der Waals surface area contributed by atoms with Gasteiger partial charge in [-0.15, -0.1) is 0 Å². The van der Waals surface area contributed by atoms with Crippen molar-refractivity contribution in [3.8, 4) is 0 Å². The minimum Gasteiger partial charge on any atom is -0.370 e. The van der Waals surface area contributed by atoms with Crippen molar-refractivity contribution >= 4 is 11.9 Å². The lowest BCUT2D eigenvalue weighted by atomic mass is 10.0. The highest BCUT2D eigenvalue weighted by Crippen LogP contribution is 2.25. The van der Waals surface area contributed by atoms with E-state index >= 15 is 0 Å². The largest absolute Gasteiger partial charge is 0.370 e. The van der Waals surface area contributed by atoms with Gasteiger partial charge in [0.15, 0.2) is 5.96 Å². The van der Waals surface area contributed by atoms with Gasteiger partial charge in [-0.25, -0.2) is 4.99 Å². The molecule has 2 N–H and O–H groups in total. The molecule has 0 spiro atoms. The average Bonchev–Trinajstić information content (AvgIpc) is 2.77. The Kier molecular flexibility index (Phi) is 7.85. The van der Waals surface area contributed by atoms with Crippen LogP contribution < -0.4 is 10.6 Å². The second-order valence-corrected chi connectivity index (χ2v) is 7.39. The van der Waals surface area contributed by atoms with Gasteiger partial charge in [0.05, 0.1) is 19.7 Å². The van der Waals surface area contributed by atoms with Gasteiger partial charge in [0.2, 0.25) is 0 Å². The van der Waals surface area contributed by atoms with Crippen molar-refractivity contribution in [3.63, 3.8) is 0 Å². The molecule has 0 radical (unpaired) electrons. The lowest BCUT2D eigenvalue weighted by Gasteiger charge is -2.35. The SMILES string of the molecule is CCNC(=O)c1ccc(CN=C(NCC)N2CCOC(c3ccccc3C)C2)cc1. The van der Waals surface area contributed by atoms with E-state index in [0.29, 0.717) is 25.3 Å². The molecule has 2 aromatic carbocycles. The first-order chi connectivity index (χ1) is 14.6. The van der Waals surface area contributed by atoms with Crippen LogP contribution in [0.1, 0.15) is 47.0 Å². The van der Waals surface area contributed by atoms with Gasteiger partial charge in [-0.1, -0.05) is 36.4 Å². The third-order valence-corrected chi connectivity index (χ3v) is 5.20. The maximum Gasteiger partial charge on any atom is 0.251 e. The van der Waals surface area contributed by atoms with Gasteiger partial charge >= 0.3 is 0 Å². The molecule has 1 saturated heterocycles. The van der Waals surface area contributed by atoms with Gasteiger partial charge < -0.3 is 20.3 Å². The summed E-state index contributed by atoms with van der Waals surface area (Å²) in [5.41, 5.74) is 4.23. The maximum absolute atomic E-state index is 11.9. The number of hydrogen-bond acceptors (Lipinski definition) is 3. The number of ether oxygens (including phenoxy) is 1. The Balaban J connectivity index is 1.69. The third kappa shape index (κ3) is 5.60. The van der Waals surface area contributed by atoms with E-state index in [1.807, 2.05) is 31.2 Å². The van der Waals surface area contributed by atoms with Crippen LogP contribution in [0.4, 0.5) is 0 Å². The first-order valence-corrected chi connectivity index (χ1v) is 10.7. The topological polar surface area (TPSA) is 66.0 Å². The molecule has 3 rings (SSSR count). The van der Waals surface area contributed by atoms with Crippen molar-refractivity contribution in [3.05, 3.63) is 70.8 Å². The zero-order chi connectivity index (χ0) is 21.3. The van der Waals surface area contributed by atoms with E-state index in [0.717, 1.165) is 31.2 Å². The molecular weight excluding hydrogens is 376 g/mol. The average molecular weight is 409 g/mol. The number of carbonyl (C=O) groups is 1. The van der Waals surface area contributed by atoms with Gasteiger partial charge in [-0.3, -0.25) is 4.79 Å². The van der Waals surface area contributed by atoms with E-state index < -0.39 is 0 Å². The summed E-state index contributed by atoms with van der Waals surface area (Å²) in [6, 6.07) is 16.0. The van der Waals surface area contributed by atoms with Crippen molar-refractivity contribution in [1.82, 2.24) is 15.5 Å². The Morgan fingerprint density at radius 3 is 2.53 bits per heavy atom. The second kappa shape index (κ2) is 10.8. The number of aliphatic imine (C=N–C) groups is 1. The quantitative estimate of drug-likeness (QED) is 0.569. The van der Waals surface area contributed by atoms with Gasteiger partial charge in [0.1, 0.15) is 6.10 Å². The van der Waals surface area contributed by atoms with E-state index in [4.69, 9.17) is 9.73 Å². The van der Waals surface area contributed by atoms with Crippen molar-refractivity contribution in [2.24, 2.45) is 4.99 Å². The number of hydrogen-bond donors (Lipinski definition) is 2. The maximum atomic E-state index is 11.9. The third-order valence-electron chi connectivity index (χ3n) is 5.20. The molecule has 0 aliphatic carbocycles. The van der Waals surface area contributed by atoms with Crippen molar-refractivity contribution in [2.75, 3.05) is 32.8 Å². The molecule has 1 amide bonds. The molecule has 0 aromatic heterocycles. The number of benzene rings is 2. The van der Waals surface area contributed by atoms with Crippen LogP contribution in [-0.2, 0) is 11.3 Å². The lowest BCUT2D eigenvalue weighted by molar-refractivity contribution is -0.00834. The van der Waals surface area contributed by atoms with Gasteiger partial charge in [0.25, 0.3) is 5.91 Å². The standard InChI is InChI=1S/C24H32N4O2/c1-4-25-23(29)20-12-10-19(11-13-20)16-27-24(26-5-2)28-14-15-30-22(17-28)21-9-7-6-8-18(21)3/h6-13,22H,4-5,14-17H2,1-3H3,(H,25,29)(H,26,27). The highest BCUT2D eigenvalue weighted by molar-refractivity contribution is 5.94. The zero-order valence-corrected chi connectivity index (χ0v) is 18.1. The zero-order valence-electron chi connectivity index (χ0n) is 18.1. The first kappa shape index (κ1) is 21.8. The molecule has 160 valence electrons. The Hall–Kier alpha value is -2.86. The summed E-state index contributed by atoms with van der Waals surface area (Å²) >= 11 is 0. The number of nitrogens with zero attached hydrogens (tertiary/aromatic N) is 2. The molecule has 1 fully saturated rings. The predicted molar refractivity (Wildman–Crippen MR) is 121 cm³/mol. The second-order valence-electron chi connectivity index (χ2n) is 7.39. The van der Waals surface area contributed by atoms with Gasteiger partial charge in [0, 0.05) is 25.2 Å². The number of amides is 1. The highest BCUT2D eigenvalue weighted by atomic mass is 16.5. The summed E-state index contributed by atoms with van der Waals surface area (Å²) in [4.78, 5) is 19.0. The minimum absolute atomic E-state index is 0.0418. The summed E-state index contributed by atoms with van der Waals surface area (Å²) < 4.78 is 6.06. The molecule has 6 heteroatoms. The van der Waals surface area contributed by atoms with Crippen LogP contribution in [0.15, 0.2) is 53.5 Å². The normalized spacial score (nSPS) is 17.0. The lowest BCUT2D eigenvalue weighted by Crippen LogP contribution is -2.48.